The highest BCUT2D eigenvalue weighted by molar-refractivity contribution is 6.48. The number of benzene rings is 1. The van der Waals surface area contributed by atoms with E-state index in [1.165, 1.54) is 10.8 Å². The first-order chi connectivity index (χ1) is 7.09. The van der Waals surface area contributed by atoms with Crippen molar-refractivity contribution in [1.29, 1.82) is 0 Å². The Morgan fingerprint density at radius 2 is 2.07 bits per heavy atom. The summed E-state index contributed by atoms with van der Waals surface area (Å²) in [6, 6.07) is 8.35. The topological polar surface area (TPSA) is 9.23 Å². The third-order valence-corrected chi connectivity index (χ3v) is 4.63. The van der Waals surface area contributed by atoms with Crippen LogP contribution in [0.5, 0.6) is 0 Å². The second-order valence-electron chi connectivity index (χ2n) is 4.30. The van der Waals surface area contributed by atoms with Gasteiger partial charge in [-0.15, -0.1) is 0 Å². The second-order valence-corrected chi connectivity index (χ2v) is 5.64. The standard InChI is InChI=1S/C13H20OSi/c1-5-11-9-7-8-10-12(11)15-14-13(3,4)6-2/h5,7-10H,1,6,15H2,2-4H3. The van der Waals surface area contributed by atoms with Crippen molar-refractivity contribution in [3.8, 4) is 0 Å². The molecular formula is C13H20OSi. The van der Waals surface area contributed by atoms with E-state index < -0.39 is 9.76 Å². The summed E-state index contributed by atoms with van der Waals surface area (Å²) >= 11 is 0. The molecule has 0 unspecified atom stereocenters. The van der Waals surface area contributed by atoms with Crippen LogP contribution in [0.3, 0.4) is 0 Å². The van der Waals surface area contributed by atoms with E-state index in [1.54, 1.807) is 0 Å². The van der Waals surface area contributed by atoms with Gasteiger partial charge in [0.15, 0.2) is 9.76 Å². The lowest BCUT2D eigenvalue weighted by atomic mass is 10.1. The molecule has 0 saturated heterocycles. The van der Waals surface area contributed by atoms with Crippen molar-refractivity contribution >= 4 is 21.0 Å². The lowest BCUT2D eigenvalue weighted by Crippen LogP contribution is -2.31. The van der Waals surface area contributed by atoms with Crippen molar-refractivity contribution in [3.63, 3.8) is 0 Å². The molecule has 1 rings (SSSR count). The molecule has 0 spiro atoms. The van der Waals surface area contributed by atoms with E-state index in [9.17, 15) is 0 Å². The minimum absolute atomic E-state index is 0.0144. The Morgan fingerprint density at radius 1 is 1.40 bits per heavy atom. The highest BCUT2D eigenvalue weighted by Gasteiger charge is 2.15. The zero-order valence-electron chi connectivity index (χ0n) is 9.92. The molecule has 0 aliphatic heterocycles. The summed E-state index contributed by atoms with van der Waals surface area (Å²) in [5, 5.41) is 1.34. The molecule has 0 heterocycles. The summed E-state index contributed by atoms with van der Waals surface area (Å²) in [6.45, 7) is 10.3. The molecule has 2 heteroatoms. The van der Waals surface area contributed by atoms with E-state index in [0.29, 0.717) is 0 Å². The molecule has 0 saturated carbocycles. The molecule has 15 heavy (non-hydrogen) atoms. The Bertz CT molecular complexity index is 331. The van der Waals surface area contributed by atoms with Crippen LogP contribution in [0.4, 0.5) is 0 Å². The Kier molecular flexibility index (Phi) is 4.30. The number of hydrogen-bond donors (Lipinski definition) is 0. The van der Waals surface area contributed by atoms with Crippen LogP contribution in [0, 0.1) is 0 Å². The van der Waals surface area contributed by atoms with Gasteiger partial charge in [0, 0.05) is 0 Å². The molecule has 1 nitrogen and oxygen atoms in total. The summed E-state index contributed by atoms with van der Waals surface area (Å²) in [7, 11) is -0.638. The van der Waals surface area contributed by atoms with E-state index >= 15 is 0 Å². The first kappa shape index (κ1) is 12.2. The molecule has 0 aliphatic rings. The Balaban J connectivity index is 2.69. The predicted octanol–water partition coefficient (Wildman–Crippen LogP) is 2.24. The molecule has 0 aromatic heterocycles. The van der Waals surface area contributed by atoms with E-state index in [-0.39, 0.29) is 5.60 Å². The molecular weight excluding hydrogens is 200 g/mol. The van der Waals surface area contributed by atoms with Crippen LogP contribution in [-0.2, 0) is 4.43 Å². The molecule has 0 aliphatic carbocycles. The number of rotatable bonds is 5. The maximum Gasteiger partial charge on any atom is 0.193 e. The summed E-state index contributed by atoms with van der Waals surface area (Å²) in [6.07, 6.45) is 2.96. The molecule has 1 aromatic rings. The van der Waals surface area contributed by atoms with Gasteiger partial charge >= 0.3 is 0 Å². The maximum atomic E-state index is 6.00. The second kappa shape index (κ2) is 5.28. The lowest BCUT2D eigenvalue weighted by molar-refractivity contribution is 0.114. The van der Waals surface area contributed by atoms with Crippen LogP contribution in [0.2, 0.25) is 0 Å². The molecule has 0 amide bonds. The molecule has 0 fully saturated rings. The van der Waals surface area contributed by atoms with Crippen LogP contribution in [0.15, 0.2) is 30.8 Å². The van der Waals surface area contributed by atoms with Crippen LogP contribution >= 0.6 is 0 Å². The highest BCUT2D eigenvalue weighted by Crippen LogP contribution is 2.12. The van der Waals surface area contributed by atoms with Crippen molar-refractivity contribution in [2.24, 2.45) is 0 Å². The van der Waals surface area contributed by atoms with E-state index in [2.05, 4.69) is 45.5 Å². The van der Waals surface area contributed by atoms with Gasteiger partial charge < -0.3 is 4.43 Å². The monoisotopic (exact) mass is 220 g/mol. The molecule has 0 bridgehead atoms. The van der Waals surface area contributed by atoms with Gasteiger partial charge in [-0.3, -0.25) is 0 Å². The Hall–Kier alpha value is -0.863. The third-order valence-electron chi connectivity index (χ3n) is 2.74. The molecule has 82 valence electrons. The quantitative estimate of drug-likeness (QED) is 0.692. The van der Waals surface area contributed by atoms with Crippen molar-refractivity contribution in [1.82, 2.24) is 0 Å². The highest BCUT2D eigenvalue weighted by atomic mass is 28.2. The van der Waals surface area contributed by atoms with Crippen LogP contribution in [0.25, 0.3) is 6.08 Å². The zero-order chi connectivity index (χ0) is 11.3. The third kappa shape index (κ3) is 3.65. The van der Waals surface area contributed by atoms with Crippen LogP contribution in [-0.4, -0.2) is 15.4 Å². The maximum absolute atomic E-state index is 6.00. The molecule has 0 N–H and O–H groups in total. The molecule has 0 radical (unpaired) electrons. The minimum Gasteiger partial charge on any atom is -0.414 e. The fourth-order valence-electron chi connectivity index (χ4n) is 1.24. The number of hydrogen-bond acceptors (Lipinski definition) is 1. The first-order valence-corrected chi connectivity index (χ1v) is 6.72. The van der Waals surface area contributed by atoms with Crippen molar-refractivity contribution in [2.75, 3.05) is 0 Å². The summed E-state index contributed by atoms with van der Waals surface area (Å²) in [4.78, 5) is 0. The SMILES string of the molecule is C=Cc1ccccc1[SiH2]OC(C)(C)CC. The van der Waals surface area contributed by atoms with Gasteiger partial charge in [-0.1, -0.05) is 43.8 Å². The van der Waals surface area contributed by atoms with Crippen molar-refractivity contribution < 1.29 is 4.43 Å². The molecule has 1 aromatic carbocycles. The van der Waals surface area contributed by atoms with Gasteiger partial charge in [-0.05, 0) is 31.0 Å². The largest absolute Gasteiger partial charge is 0.414 e. The van der Waals surface area contributed by atoms with Crippen LogP contribution < -0.4 is 5.19 Å². The summed E-state index contributed by atoms with van der Waals surface area (Å²) < 4.78 is 6.00. The Labute approximate surface area is 95.1 Å². The summed E-state index contributed by atoms with van der Waals surface area (Å²) in [5.41, 5.74) is 1.23. The van der Waals surface area contributed by atoms with Gasteiger partial charge in [0.25, 0.3) is 0 Å². The smallest absolute Gasteiger partial charge is 0.193 e. The normalized spacial score (nSPS) is 12.2. The van der Waals surface area contributed by atoms with Gasteiger partial charge in [0.05, 0.1) is 5.60 Å². The fraction of sp³-hybridized carbons (Fsp3) is 0.385. The lowest BCUT2D eigenvalue weighted by Gasteiger charge is -2.24. The fourth-order valence-corrected chi connectivity index (χ4v) is 2.65. The van der Waals surface area contributed by atoms with Gasteiger partial charge in [-0.2, -0.15) is 0 Å². The van der Waals surface area contributed by atoms with Gasteiger partial charge in [-0.25, -0.2) is 0 Å². The van der Waals surface area contributed by atoms with Crippen molar-refractivity contribution in [3.05, 3.63) is 36.4 Å². The average molecular weight is 220 g/mol. The van der Waals surface area contributed by atoms with E-state index in [1.807, 2.05) is 12.1 Å². The minimum atomic E-state index is -0.638. The predicted molar refractivity (Wildman–Crippen MR) is 70.2 cm³/mol. The summed E-state index contributed by atoms with van der Waals surface area (Å²) in [5.74, 6) is 0. The average Bonchev–Trinajstić information content (AvgIpc) is 2.27. The van der Waals surface area contributed by atoms with Gasteiger partial charge in [0.2, 0.25) is 0 Å². The van der Waals surface area contributed by atoms with Crippen molar-refractivity contribution in [2.45, 2.75) is 32.8 Å². The van der Waals surface area contributed by atoms with E-state index in [0.717, 1.165) is 6.42 Å². The Morgan fingerprint density at radius 3 is 2.67 bits per heavy atom. The van der Waals surface area contributed by atoms with Crippen LogP contribution in [0.1, 0.15) is 32.8 Å². The van der Waals surface area contributed by atoms with Gasteiger partial charge in [0.1, 0.15) is 0 Å². The zero-order valence-corrected chi connectivity index (χ0v) is 11.3. The first-order valence-electron chi connectivity index (χ1n) is 5.43. The molecule has 0 atom stereocenters. The van der Waals surface area contributed by atoms with E-state index in [4.69, 9.17) is 4.43 Å².